The van der Waals surface area contributed by atoms with Crippen molar-refractivity contribution < 1.29 is 9.66 Å². The number of nitrogens with zero attached hydrogens (tertiary/aromatic N) is 2. The number of aryl methyl sites for hydroxylation is 1. The SMILES string of the molecule is Cc1ccc(OCCNc2ccc([N+](=O)[O-])c3cccnc23)cc1. The molecule has 3 aromatic rings. The molecule has 0 unspecified atom stereocenters. The van der Waals surface area contributed by atoms with E-state index in [0.717, 1.165) is 11.4 Å². The second kappa shape index (κ2) is 6.95. The number of hydrogen-bond donors (Lipinski definition) is 1. The first-order chi connectivity index (χ1) is 11.6. The second-order valence-corrected chi connectivity index (χ2v) is 5.38. The fraction of sp³-hybridized carbons (Fsp3) is 0.167. The number of pyridine rings is 1. The predicted octanol–water partition coefficient (Wildman–Crippen LogP) is 3.94. The average molecular weight is 323 g/mol. The molecule has 0 aliphatic rings. The van der Waals surface area contributed by atoms with Gasteiger partial charge < -0.3 is 10.1 Å². The van der Waals surface area contributed by atoms with E-state index in [1.165, 1.54) is 11.6 Å². The Kier molecular flexibility index (Phi) is 4.56. The zero-order valence-corrected chi connectivity index (χ0v) is 13.2. The maximum Gasteiger partial charge on any atom is 0.278 e. The molecular formula is C18H17N3O3. The van der Waals surface area contributed by atoms with Crippen molar-refractivity contribution in [1.82, 2.24) is 4.98 Å². The van der Waals surface area contributed by atoms with E-state index in [1.54, 1.807) is 24.4 Å². The molecule has 0 saturated heterocycles. The summed E-state index contributed by atoms with van der Waals surface area (Å²) < 4.78 is 5.67. The van der Waals surface area contributed by atoms with Crippen molar-refractivity contribution in [3.63, 3.8) is 0 Å². The van der Waals surface area contributed by atoms with Crippen LogP contribution in [0.1, 0.15) is 5.56 Å². The van der Waals surface area contributed by atoms with E-state index >= 15 is 0 Å². The van der Waals surface area contributed by atoms with Crippen LogP contribution in [-0.4, -0.2) is 23.1 Å². The maximum absolute atomic E-state index is 11.1. The van der Waals surface area contributed by atoms with Crippen LogP contribution >= 0.6 is 0 Å². The molecule has 6 heteroatoms. The lowest BCUT2D eigenvalue weighted by molar-refractivity contribution is -0.383. The number of aromatic nitrogens is 1. The lowest BCUT2D eigenvalue weighted by Gasteiger charge is -2.10. The van der Waals surface area contributed by atoms with Crippen LogP contribution in [0.15, 0.2) is 54.7 Å². The van der Waals surface area contributed by atoms with E-state index in [0.29, 0.717) is 24.1 Å². The van der Waals surface area contributed by atoms with Gasteiger partial charge in [-0.15, -0.1) is 0 Å². The molecule has 1 heterocycles. The standard InChI is InChI=1S/C18H17N3O3/c1-13-4-6-14(7-5-13)24-12-11-19-16-8-9-17(21(22)23)15-3-2-10-20-18(15)16/h2-10,19H,11-12H2,1H3. The Morgan fingerprint density at radius 2 is 1.96 bits per heavy atom. The van der Waals surface area contributed by atoms with Crippen molar-refractivity contribution in [2.45, 2.75) is 6.92 Å². The normalized spacial score (nSPS) is 10.5. The van der Waals surface area contributed by atoms with Crippen molar-refractivity contribution in [1.29, 1.82) is 0 Å². The molecule has 6 nitrogen and oxygen atoms in total. The fourth-order valence-corrected chi connectivity index (χ4v) is 2.45. The van der Waals surface area contributed by atoms with Crippen LogP contribution in [0.3, 0.4) is 0 Å². The van der Waals surface area contributed by atoms with Gasteiger partial charge in [0.25, 0.3) is 5.69 Å². The number of hydrogen-bond acceptors (Lipinski definition) is 5. The summed E-state index contributed by atoms with van der Waals surface area (Å²) in [7, 11) is 0. The molecular weight excluding hydrogens is 306 g/mol. The van der Waals surface area contributed by atoms with E-state index < -0.39 is 4.92 Å². The Bertz CT molecular complexity index is 863. The summed E-state index contributed by atoms with van der Waals surface area (Å²) in [5.41, 5.74) is 2.58. The topological polar surface area (TPSA) is 77.3 Å². The molecule has 0 fully saturated rings. The highest BCUT2D eigenvalue weighted by Gasteiger charge is 2.14. The third-order valence-electron chi connectivity index (χ3n) is 3.65. The van der Waals surface area contributed by atoms with Crippen LogP contribution in [0.4, 0.5) is 11.4 Å². The van der Waals surface area contributed by atoms with E-state index in [2.05, 4.69) is 10.3 Å². The number of non-ortho nitro benzene ring substituents is 1. The minimum atomic E-state index is -0.395. The lowest BCUT2D eigenvalue weighted by atomic mass is 10.1. The van der Waals surface area contributed by atoms with Crippen LogP contribution in [0.25, 0.3) is 10.9 Å². The van der Waals surface area contributed by atoms with E-state index in [-0.39, 0.29) is 5.69 Å². The van der Waals surface area contributed by atoms with Gasteiger partial charge in [0.2, 0.25) is 0 Å². The number of benzene rings is 2. The van der Waals surface area contributed by atoms with Crippen molar-refractivity contribution in [2.75, 3.05) is 18.5 Å². The van der Waals surface area contributed by atoms with Gasteiger partial charge in [-0.05, 0) is 37.3 Å². The van der Waals surface area contributed by atoms with Gasteiger partial charge in [-0.2, -0.15) is 0 Å². The molecule has 2 aromatic carbocycles. The number of nitrogens with one attached hydrogen (secondary N) is 1. The number of rotatable bonds is 6. The monoisotopic (exact) mass is 323 g/mol. The summed E-state index contributed by atoms with van der Waals surface area (Å²) in [6.45, 7) is 3.07. The van der Waals surface area contributed by atoms with E-state index in [1.807, 2.05) is 31.2 Å². The molecule has 0 spiro atoms. The number of ether oxygens (including phenoxy) is 1. The highest BCUT2D eigenvalue weighted by Crippen LogP contribution is 2.29. The van der Waals surface area contributed by atoms with Crippen LogP contribution < -0.4 is 10.1 Å². The molecule has 122 valence electrons. The molecule has 0 aliphatic carbocycles. The Balaban J connectivity index is 1.68. The Labute approximate surface area is 139 Å². The van der Waals surface area contributed by atoms with E-state index in [9.17, 15) is 10.1 Å². The number of nitro benzene ring substituents is 1. The van der Waals surface area contributed by atoms with Gasteiger partial charge >= 0.3 is 0 Å². The average Bonchev–Trinajstić information content (AvgIpc) is 2.60. The molecule has 0 atom stereocenters. The maximum atomic E-state index is 11.1. The molecule has 24 heavy (non-hydrogen) atoms. The van der Waals surface area contributed by atoms with E-state index in [4.69, 9.17) is 4.74 Å². The van der Waals surface area contributed by atoms with Crippen LogP contribution in [0.5, 0.6) is 5.75 Å². The highest BCUT2D eigenvalue weighted by atomic mass is 16.6. The van der Waals surface area contributed by atoms with Gasteiger partial charge in [0, 0.05) is 18.8 Å². The van der Waals surface area contributed by atoms with Crippen molar-refractivity contribution in [2.24, 2.45) is 0 Å². The third-order valence-corrected chi connectivity index (χ3v) is 3.65. The summed E-state index contributed by atoms with van der Waals surface area (Å²) in [4.78, 5) is 15.0. The van der Waals surface area contributed by atoms with Gasteiger partial charge in [-0.3, -0.25) is 15.1 Å². The Hall–Kier alpha value is -3.15. The zero-order valence-electron chi connectivity index (χ0n) is 13.2. The third kappa shape index (κ3) is 3.43. The summed E-state index contributed by atoms with van der Waals surface area (Å²) in [6.07, 6.45) is 1.63. The van der Waals surface area contributed by atoms with Gasteiger partial charge in [0.15, 0.2) is 0 Å². The van der Waals surface area contributed by atoms with Crippen molar-refractivity contribution >= 4 is 22.3 Å². The molecule has 3 rings (SSSR count). The summed E-state index contributed by atoms with van der Waals surface area (Å²) in [6, 6.07) is 14.4. The Morgan fingerprint density at radius 3 is 2.71 bits per heavy atom. The molecule has 0 amide bonds. The quantitative estimate of drug-likeness (QED) is 0.422. The minimum Gasteiger partial charge on any atom is -0.492 e. The van der Waals surface area contributed by atoms with Gasteiger partial charge in [-0.25, -0.2) is 0 Å². The first-order valence-electron chi connectivity index (χ1n) is 7.60. The highest BCUT2D eigenvalue weighted by molar-refractivity contribution is 5.96. The summed E-state index contributed by atoms with van der Waals surface area (Å²) in [5.74, 6) is 0.814. The van der Waals surface area contributed by atoms with Gasteiger partial charge in [-0.1, -0.05) is 17.7 Å². The first kappa shape index (κ1) is 15.7. The number of anilines is 1. The molecule has 0 radical (unpaired) electrons. The fourth-order valence-electron chi connectivity index (χ4n) is 2.45. The summed E-state index contributed by atoms with van der Waals surface area (Å²) >= 11 is 0. The molecule has 1 aromatic heterocycles. The van der Waals surface area contributed by atoms with Crippen LogP contribution in [0, 0.1) is 17.0 Å². The lowest BCUT2D eigenvalue weighted by Crippen LogP contribution is -2.12. The minimum absolute atomic E-state index is 0.0551. The van der Waals surface area contributed by atoms with Crippen LogP contribution in [-0.2, 0) is 0 Å². The van der Waals surface area contributed by atoms with Crippen molar-refractivity contribution in [3.05, 3.63) is 70.4 Å². The first-order valence-corrected chi connectivity index (χ1v) is 7.60. The van der Waals surface area contributed by atoms with Crippen LogP contribution in [0.2, 0.25) is 0 Å². The number of nitro groups is 1. The molecule has 0 saturated carbocycles. The summed E-state index contributed by atoms with van der Waals surface area (Å²) in [5, 5.41) is 14.9. The van der Waals surface area contributed by atoms with Gasteiger partial charge in [0.05, 0.1) is 16.0 Å². The smallest absolute Gasteiger partial charge is 0.278 e. The van der Waals surface area contributed by atoms with Gasteiger partial charge in [0.1, 0.15) is 17.9 Å². The number of fused-ring (bicyclic) bond motifs is 1. The molecule has 0 bridgehead atoms. The largest absolute Gasteiger partial charge is 0.492 e. The predicted molar refractivity (Wildman–Crippen MR) is 93.6 cm³/mol. The zero-order chi connectivity index (χ0) is 16.9. The molecule has 1 N–H and O–H groups in total. The van der Waals surface area contributed by atoms with Crippen molar-refractivity contribution in [3.8, 4) is 5.75 Å². The molecule has 0 aliphatic heterocycles. The second-order valence-electron chi connectivity index (χ2n) is 5.38. The Morgan fingerprint density at radius 1 is 1.17 bits per heavy atom.